The average Bonchev–Trinajstić information content (AvgIpc) is 3.30. The molecule has 164 valence electrons. The number of hydrogen-bond donors (Lipinski definition) is 2. The molecule has 3 unspecified atom stereocenters. The number of ether oxygens (including phenoxy) is 1. The van der Waals surface area contributed by atoms with Gasteiger partial charge in [0.15, 0.2) is 5.96 Å². The number of hydrogen-bond acceptors (Lipinski definition) is 3. The summed E-state index contributed by atoms with van der Waals surface area (Å²) in [6.45, 7) is 12.4. The van der Waals surface area contributed by atoms with E-state index in [0.29, 0.717) is 18.1 Å². The van der Waals surface area contributed by atoms with Crippen molar-refractivity contribution >= 4 is 29.9 Å². The smallest absolute Gasteiger partial charge is 0.191 e. The molecule has 0 aromatic carbocycles. The second-order valence-electron chi connectivity index (χ2n) is 10.1. The van der Waals surface area contributed by atoms with Crippen molar-refractivity contribution in [2.24, 2.45) is 22.2 Å². The first-order valence-corrected chi connectivity index (χ1v) is 11.3. The van der Waals surface area contributed by atoms with Gasteiger partial charge in [-0.05, 0) is 43.4 Å². The fourth-order valence-corrected chi connectivity index (χ4v) is 5.30. The summed E-state index contributed by atoms with van der Waals surface area (Å²) in [7, 11) is 1.89. The van der Waals surface area contributed by atoms with Crippen molar-refractivity contribution in [3.8, 4) is 0 Å². The van der Waals surface area contributed by atoms with Crippen LogP contribution in [0.4, 0.5) is 0 Å². The molecule has 1 aliphatic carbocycles. The van der Waals surface area contributed by atoms with Gasteiger partial charge in [0.25, 0.3) is 0 Å². The standard InChI is InChI=1S/C22H42N4O.HI/c1-22(2,3)20-18(10-7-13-27-20)14-24-21(23-4)25-19-11-12-26(16-19)15-17-8-5-6-9-17;/h17-20H,5-16H2,1-4H3,(H2,23,24,25);1H. The van der Waals surface area contributed by atoms with Gasteiger partial charge in [-0.25, -0.2) is 0 Å². The number of halogens is 1. The summed E-state index contributed by atoms with van der Waals surface area (Å²) >= 11 is 0. The summed E-state index contributed by atoms with van der Waals surface area (Å²) in [5.74, 6) is 2.46. The lowest BCUT2D eigenvalue weighted by Gasteiger charge is -2.40. The topological polar surface area (TPSA) is 48.9 Å². The molecule has 5 nitrogen and oxygen atoms in total. The monoisotopic (exact) mass is 506 g/mol. The largest absolute Gasteiger partial charge is 0.377 e. The molecule has 0 aromatic rings. The number of likely N-dealkylation sites (tertiary alicyclic amines) is 1. The summed E-state index contributed by atoms with van der Waals surface area (Å²) in [5.41, 5.74) is 0.190. The van der Waals surface area contributed by atoms with Crippen LogP contribution >= 0.6 is 24.0 Å². The number of nitrogens with one attached hydrogen (secondary N) is 2. The van der Waals surface area contributed by atoms with Crippen LogP contribution in [0.25, 0.3) is 0 Å². The molecule has 2 aliphatic heterocycles. The molecule has 0 amide bonds. The molecule has 2 saturated heterocycles. The molecule has 28 heavy (non-hydrogen) atoms. The Morgan fingerprint density at radius 1 is 1.11 bits per heavy atom. The third kappa shape index (κ3) is 7.01. The van der Waals surface area contributed by atoms with Gasteiger partial charge >= 0.3 is 0 Å². The minimum atomic E-state index is 0. The van der Waals surface area contributed by atoms with Crippen molar-refractivity contribution in [3.63, 3.8) is 0 Å². The molecular weight excluding hydrogens is 463 g/mol. The number of rotatable bonds is 5. The fraction of sp³-hybridized carbons (Fsp3) is 0.955. The average molecular weight is 507 g/mol. The zero-order valence-corrected chi connectivity index (χ0v) is 20.8. The molecule has 0 bridgehead atoms. The van der Waals surface area contributed by atoms with Crippen molar-refractivity contribution in [1.82, 2.24) is 15.5 Å². The third-order valence-corrected chi connectivity index (χ3v) is 6.66. The Kier molecular flexibility index (Phi) is 9.81. The van der Waals surface area contributed by atoms with Gasteiger partial charge in [-0.15, -0.1) is 24.0 Å². The van der Waals surface area contributed by atoms with E-state index in [0.717, 1.165) is 31.6 Å². The SMILES string of the molecule is CN=C(NCC1CCCOC1C(C)(C)C)NC1CCN(CC2CCCC2)C1.I. The molecule has 3 aliphatic rings. The zero-order valence-electron chi connectivity index (χ0n) is 18.5. The highest BCUT2D eigenvalue weighted by atomic mass is 127. The normalized spacial score (nSPS) is 30.3. The van der Waals surface area contributed by atoms with Crippen LogP contribution in [-0.2, 0) is 4.74 Å². The molecule has 2 N–H and O–H groups in total. The van der Waals surface area contributed by atoms with Gasteiger partial charge in [-0.1, -0.05) is 33.6 Å². The molecular formula is C22H43IN4O. The van der Waals surface area contributed by atoms with Crippen molar-refractivity contribution in [2.75, 3.05) is 39.8 Å². The molecule has 0 radical (unpaired) electrons. The van der Waals surface area contributed by atoms with E-state index in [1.165, 1.54) is 58.0 Å². The second-order valence-corrected chi connectivity index (χ2v) is 10.1. The van der Waals surface area contributed by atoms with Crippen molar-refractivity contribution in [3.05, 3.63) is 0 Å². The first-order chi connectivity index (χ1) is 13.0. The Balaban J connectivity index is 0.00000280. The van der Waals surface area contributed by atoms with Gasteiger partial charge in [0.2, 0.25) is 0 Å². The number of aliphatic imine (C=N–C) groups is 1. The summed E-state index contributed by atoms with van der Waals surface area (Å²) in [6.07, 6.45) is 9.73. The lowest BCUT2D eigenvalue weighted by Crippen LogP contribution is -2.49. The molecule has 3 fully saturated rings. The Bertz CT molecular complexity index is 487. The van der Waals surface area contributed by atoms with Crippen LogP contribution < -0.4 is 10.6 Å². The molecule has 0 spiro atoms. The highest BCUT2D eigenvalue weighted by Crippen LogP contribution is 2.33. The summed E-state index contributed by atoms with van der Waals surface area (Å²) in [6, 6.07) is 0.527. The third-order valence-electron chi connectivity index (χ3n) is 6.66. The lowest BCUT2D eigenvalue weighted by molar-refractivity contribution is -0.0835. The zero-order chi connectivity index (χ0) is 19.3. The van der Waals surface area contributed by atoms with Gasteiger partial charge < -0.3 is 20.3 Å². The minimum Gasteiger partial charge on any atom is -0.377 e. The van der Waals surface area contributed by atoms with Crippen LogP contribution in [0.3, 0.4) is 0 Å². The Morgan fingerprint density at radius 3 is 2.54 bits per heavy atom. The van der Waals surface area contributed by atoms with Gasteiger partial charge in [-0.2, -0.15) is 0 Å². The molecule has 0 aromatic heterocycles. The number of nitrogens with zero attached hydrogens (tertiary/aromatic N) is 2. The molecule has 3 rings (SSSR count). The van der Waals surface area contributed by atoms with Gasteiger partial charge in [0.05, 0.1) is 6.10 Å². The maximum atomic E-state index is 6.12. The minimum absolute atomic E-state index is 0. The van der Waals surface area contributed by atoms with Crippen molar-refractivity contribution in [1.29, 1.82) is 0 Å². The summed E-state index contributed by atoms with van der Waals surface area (Å²) in [4.78, 5) is 7.14. The van der Waals surface area contributed by atoms with E-state index in [1.807, 2.05) is 7.05 Å². The van der Waals surface area contributed by atoms with Crippen LogP contribution in [0.15, 0.2) is 4.99 Å². The first-order valence-electron chi connectivity index (χ1n) is 11.3. The van der Waals surface area contributed by atoms with E-state index in [1.54, 1.807) is 0 Å². The van der Waals surface area contributed by atoms with Gasteiger partial charge in [0, 0.05) is 51.8 Å². The summed E-state index contributed by atoms with van der Waals surface area (Å²) < 4.78 is 6.12. The Hall–Kier alpha value is -0.0800. The maximum Gasteiger partial charge on any atom is 0.191 e. The van der Waals surface area contributed by atoms with E-state index >= 15 is 0 Å². The van der Waals surface area contributed by atoms with E-state index < -0.39 is 0 Å². The van der Waals surface area contributed by atoms with Crippen LogP contribution in [0.5, 0.6) is 0 Å². The van der Waals surface area contributed by atoms with Crippen molar-refractivity contribution in [2.45, 2.75) is 77.9 Å². The van der Waals surface area contributed by atoms with Crippen molar-refractivity contribution < 1.29 is 4.74 Å². The van der Waals surface area contributed by atoms with E-state index in [4.69, 9.17) is 4.74 Å². The Morgan fingerprint density at radius 2 is 1.86 bits per heavy atom. The van der Waals surface area contributed by atoms with Gasteiger partial charge in [0.1, 0.15) is 0 Å². The van der Waals surface area contributed by atoms with Crippen LogP contribution in [0.1, 0.15) is 65.7 Å². The van der Waals surface area contributed by atoms with E-state index in [9.17, 15) is 0 Å². The van der Waals surface area contributed by atoms with Crippen LogP contribution in [0, 0.1) is 17.3 Å². The molecule has 3 atom stereocenters. The molecule has 1 saturated carbocycles. The van der Waals surface area contributed by atoms with Crippen LogP contribution in [0.2, 0.25) is 0 Å². The van der Waals surface area contributed by atoms with Crippen LogP contribution in [-0.4, -0.2) is 62.8 Å². The molecule has 2 heterocycles. The maximum absolute atomic E-state index is 6.12. The first kappa shape index (κ1) is 24.2. The van der Waals surface area contributed by atoms with E-state index in [2.05, 4.69) is 41.3 Å². The van der Waals surface area contributed by atoms with Gasteiger partial charge in [-0.3, -0.25) is 4.99 Å². The fourth-order valence-electron chi connectivity index (χ4n) is 5.30. The highest BCUT2D eigenvalue weighted by molar-refractivity contribution is 14.0. The second kappa shape index (κ2) is 11.3. The predicted octanol–water partition coefficient (Wildman–Crippen LogP) is 3.88. The number of guanidine groups is 1. The quantitative estimate of drug-likeness (QED) is 0.338. The highest BCUT2D eigenvalue weighted by Gasteiger charge is 2.35. The summed E-state index contributed by atoms with van der Waals surface area (Å²) in [5, 5.41) is 7.27. The Labute approximate surface area is 189 Å². The molecule has 6 heteroatoms. The van der Waals surface area contributed by atoms with E-state index in [-0.39, 0.29) is 29.4 Å². The lowest BCUT2D eigenvalue weighted by atomic mass is 9.78. The predicted molar refractivity (Wildman–Crippen MR) is 129 cm³/mol.